The fourth-order valence-electron chi connectivity index (χ4n) is 1.93. The number of aliphatic hydroxyl groups excluding tert-OH is 1. The molecule has 16 heavy (non-hydrogen) atoms. The van der Waals surface area contributed by atoms with Crippen molar-refractivity contribution in [2.24, 2.45) is 11.1 Å². The zero-order valence-corrected chi connectivity index (χ0v) is 9.53. The molecule has 3 heteroatoms. The lowest BCUT2D eigenvalue weighted by molar-refractivity contribution is 0.149. The normalized spacial score (nSPS) is 15.2. The maximum absolute atomic E-state index is 9.37. The summed E-state index contributed by atoms with van der Waals surface area (Å²) in [5.41, 5.74) is 7.83. The third-order valence-electron chi connectivity index (χ3n) is 3.17. The number of aromatic nitrogens is 1. The van der Waals surface area contributed by atoms with Crippen LogP contribution in [0.25, 0.3) is 10.9 Å². The highest BCUT2D eigenvalue weighted by Crippen LogP contribution is 2.26. The smallest absolute Gasteiger partial charge is 0.0500 e. The van der Waals surface area contributed by atoms with Gasteiger partial charge in [-0.2, -0.15) is 0 Å². The molecular weight excluding hydrogens is 200 g/mol. The van der Waals surface area contributed by atoms with Crippen molar-refractivity contribution in [3.8, 4) is 0 Å². The van der Waals surface area contributed by atoms with Gasteiger partial charge in [-0.15, -0.1) is 0 Å². The van der Waals surface area contributed by atoms with E-state index < -0.39 is 0 Å². The molecule has 1 heterocycles. The lowest BCUT2D eigenvalue weighted by Crippen LogP contribution is -2.33. The molecule has 86 valence electrons. The summed E-state index contributed by atoms with van der Waals surface area (Å²) in [4.78, 5) is 3.24. The van der Waals surface area contributed by atoms with Crippen LogP contribution in [0.15, 0.2) is 30.5 Å². The zero-order valence-electron chi connectivity index (χ0n) is 9.53. The van der Waals surface area contributed by atoms with E-state index >= 15 is 0 Å². The average Bonchev–Trinajstić information content (AvgIpc) is 2.73. The Kier molecular flexibility index (Phi) is 2.99. The molecule has 0 saturated heterocycles. The molecule has 2 rings (SSSR count). The molecule has 0 amide bonds. The van der Waals surface area contributed by atoms with Gasteiger partial charge < -0.3 is 15.8 Å². The summed E-state index contributed by atoms with van der Waals surface area (Å²) < 4.78 is 0. The number of benzene rings is 1. The van der Waals surface area contributed by atoms with Crippen molar-refractivity contribution in [3.05, 3.63) is 36.0 Å². The molecule has 1 aromatic heterocycles. The molecule has 0 spiro atoms. The Morgan fingerprint density at radius 3 is 2.81 bits per heavy atom. The molecule has 0 saturated carbocycles. The molecule has 1 aromatic carbocycles. The van der Waals surface area contributed by atoms with Crippen molar-refractivity contribution < 1.29 is 5.11 Å². The van der Waals surface area contributed by atoms with E-state index in [9.17, 15) is 5.11 Å². The van der Waals surface area contributed by atoms with Crippen molar-refractivity contribution in [3.63, 3.8) is 0 Å². The van der Waals surface area contributed by atoms with E-state index in [2.05, 4.69) is 17.1 Å². The topological polar surface area (TPSA) is 62.0 Å². The number of hydrogen-bond acceptors (Lipinski definition) is 2. The fourth-order valence-corrected chi connectivity index (χ4v) is 1.93. The van der Waals surface area contributed by atoms with Gasteiger partial charge in [-0.05, 0) is 18.1 Å². The minimum Gasteiger partial charge on any atom is -0.396 e. The number of nitrogens with two attached hydrogens (primary N) is 1. The number of fused-ring (bicyclic) bond motifs is 1. The molecule has 0 fully saturated rings. The number of nitrogens with one attached hydrogen (secondary N) is 1. The summed E-state index contributed by atoms with van der Waals surface area (Å²) in [6.45, 7) is 2.61. The highest BCUT2D eigenvalue weighted by atomic mass is 16.3. The number of aliphatic hydroxyl groups is 1. The monoisotopic (exact) mass is 218 g/mol. The van der Waals surface area contributed by atoms with Crippen LogP contribution in [0.5, 0.6) is 0 Å². The molecule has 0 aliphatic heterocycles. The largest absolute Gasteiger partial charge is 0.396 e. The van der Waals surface area contributed by atoms with Crippen molar-refractivity contribution in [2.45, 2.75) is 13.3 Å². The minimum atomic E-state index is -0.231. The molecule has 4 N–H and O–H groups in total. The highest BCUT2D eigenvalue weighted by Gasteiger charge is 2.23. The summed E-state index contributed by atoms with van der Waals surface area (Å²) in [5.74, 6) is 0. The standard InChI is InChI=1S/C13H18N2O/c1-13(8-14,9-16)6-10-7-15-12-5-3-2-4-11(10)12/h2-5,7,15-16H,6,8-9,14H2,1H3. The van der Waals surface area contributed by atoms with Gasteiger partial charge in [0.15, 0.2) is 0 Å². The van der Waals surface area contributed by atoms with E-state index in [-0.39, 0.29) is 12.0 Å². The molecule has 0 bridgehead atoms. The molecule has 2 aromatic rings. The van der Waals surface area contributed by atoms with Crippen LogP contribution in [0, 0.1) is 5.41 Å². The number of rotatable bonds is 4. The Labute approximate surface area is 95.3 Å². The summed E-state index contributed by atoms with van der Waals surface area (Å²) in [6.07, 6.45) is 2.80. The predicted molar refractivity (Wildman–Crippen MR) is 66.2 cm³/mol. The van der Waals surface area contributed by atoms with Gasteiger partial charge in [0.25, 0.3) is 0 Å². The van der Waals surface area contributed by atoms with Crippen LogP contribution in [0.2, 0.25) is 0 Å². The molecule has 0 aliphatic rings. The first-order valence-corrected chi connectivity index (χ1v) is 5.54. The quantitative estimate of drug-likeness (QED) is 0.731. The van der Waals surface area contributed by atoms with Gasteiger partial charge in [0, 0.05) is 35.7 Å². The molecule has 0 aliphatic carbocycles. The van der Waals surface area contributed by atoms with Crippen LogP contribution in [-0.2, 0) is 6.42 Å². The van der Waals surface area contributed by atoms with Crippen LogP contribution in [0.3, 0.4) is 0 Å². The van der Waals surface area contributed by atoms with Crippen LogP contribution in [0.4, 0.5) is 0 Å². The SMILES string of the molecule is CC(CN)(CO)Cc1c[nH]c2ccccc12. The van der Waals surface area contributed by atoms with Crippen LogP contribution in [-0.4, -0.2) is 23.2 Å². The van der Waals surface area contributed by atoms with E-state index in [0.29, 0.717) is 6.54 Å². The van der Waals surface area contributed by atoms with Crippen molar-refractivity contribution in [1.29, 1.82) is 0 Å². The second-order valence-corrected chi connectivity index (χ2v) is 4.71. The van der Waals surface area contributed by atoms with Gasteiger partial charge in [-0.25, -0.2) is 0 Å². The Morgan fingerprint density at radius 2 is 2.12 bits per heavy atom. The summed E-state index contributed by atoms with van der Waals surface area (Å²) >= 11 is 0. The van der Waals surface area contributed by atoms with Gasteiger partial charge in [-0.3, -0.25) is 0 Å². The summed E-state index contributed by atoms with van der Waals surface area (Å²) in [7, 11) is 0. The maximum Gasteiger partial charge on any atom is 0.0500 e. The minimum absolute atomic E-state index is 0.114. The second-order valence-electron chi connectivity index (χ2n) is 4.71. The maximum atomic E-state index is 9.37. The van der Waals surface area contributed by atoms with Gasteiger partial charge in [0.2, 0.25) is 0 Å². The number of aromatic amines is 1. The van der Waals surface area contributed by atoms with Gasteiger partial charge in [0.1, 0.15) is 0 Å². The average molecular weight is 218 g/mol. The van der Waals surface area contributed by atoms with E-state index in [0.717, 1.165) is 11.9 Å². The molecule has 1 atom stereocenters. The molecule has 3 nitrogen and oxygen atoms in total. The van der Waals surface area contributed by atoms with Gasteiger partial charge in [0.05, 0.1) is 0 Å². The first-order chi connectivity index (χ1) is 7.68. The summed E-state index contributed by atoms with van der Waals surface area (Å²) in [5, 5.41) is 10.6. The van der Waals surface area contributed by atoms with Crippen molar-refractivity contribution >= 4 is 10.9 Å². The van der Waals surface area contributed by atoms with E-state index in [1.54, 1.807) is 0 Å². The number of hydrogen-bond donors (Lipinski definition) is 3. The van der Waals surface area contributed by atoms with E-state index in [1.165, 1.54) is 10.9 Å². The van der Waals surface area contributed by atoms with E-state index in [4.69, 9.17) is 5.73 Å². The second kappa shape index (κ2) is 4.28. The number of H-pyrrole nitrogens is 1. The lowest BCUT2D eigenvalue weighted by Gasteiger charge is -2.24. The third kappa shape index (κ3) is 1.96. The van der Waals surface area contributed by atoms with Gasteiger partial charge in [-0.1, -0.05) is 25.1 Å². The summed E-state index contributed by atoms with van der Waals surface area (Å²) in [6, 6.07) is 8.18. The fraction of sp³-hybridized carbons (Fsp3) is 0.385. The lowest BCUT2D eigenvalue weighted by atomic mass is 9.84. The zero-order chi connectivity index (χ0) is 11.6. The Hall–Kier alpha value is -1.32. The molecular formula is C13H18N2O. The molecule has 1 unspecified atom stereocenters. The number of para-hydroxylation sites is 1. The molecule has 0 radical (unpaired) electrons. The van der Waals surface area contributed by atoms with Crippen LogP contribution >= 0.6 is 0 Å². The van der Waals surface area contributed by atoms with Crippen molar-refractivity contribution in [2.75, 3.05) is 13.2 Å². The Bertz CT molecular complexity index is 471. The Morgan fingerprint density at radius 1 is 1.38 bits per heavy atom. The highest BCUT2D eigenvalue weighted by molar-refractivity contribution is 5.83. The Balaban J connectivity index is 2.34. The van der Waals surface area contributed by atoms with Crippen molar-refractivity contribution in [1.82, 2.24) is 4.98 Å². The predicted octanol–water partition coefficient (Wildman–Crippen LogP) is 1.67. The van der Waals surface area contributed by atoms with Gasteiger partial charge >= 0.3 is 0 Å². The first kappa shape index (κ1) is 11.2. The van der Waals surface area contributed by atoms with E-state index in [1.807, 2.05) is 25.3 Å². The third-order valence-corrected chi connectivity index (χ3v) is 3.17. The van der Waals surface area contributed by atoms with Crippen LogP contribution < -0.4 is 5.73 Å². The van der Waals surface area contributed by atoms with Crippen LogP contribution in [0.1, 0.15) is 12.5 Å². The first-order valence-electron chi connectivity index (χ1n) is 5.54.